The molecule has 0 atom stereocenters. The van der Waals surface area contributed by atoms with Crippen molar-refractivity contribution in [1.29, 1.82) is 0 Å². The number of nitrogens with one attached hydrogen (secondary N) is 4. The van der Waals surface area contributed by atoms with Crippen molar-refractivity contribution in [2.75, 3.05) is 23.8 Å². The molecule has 5 heterocycles. The zero-order chi connectivity index (χ0) is 44.4. The van der Waals surface area contributed by atoms with Gasteiger partial charge in [-0.2, -0.15) is 0 Å². The van der Waals surface area contributed by atoms with Gasteiger partial charge in [-0.15, -0.1) is 0 Å². The summed E-state index contributed by atoms with van der Waals surface area (Å²) in [6.07, 6.45) is 9.94. The molecular weight excluding hydrogens is 829 g/mol. The van der Waals surface area contributed by atoms with Crippen LogP contribution in [0.5, 0.6) is 0 Å². The van der Waals surface area contributed by atoms with E-state index in [1.807, 2.05) is 51.3 Å². The highest BCUT2D eigenvalue weighted by atomic mass is 19.1. The van der Waals surface area contributed by atoms with E-state index < -0.39 is 0 Å². The number of anilines is 2. The minimum atomic E-state index is -0.358. The molecule has 0 spiro atoms. The van der Waals surface area contributed by atoms with Gasteiger partial charge in [0.05, 0.1) is 58.1 Å². The summed E-state index contributed by atoms with van der Waals surface area (Å²) in [6, 6.07) is 30.0. The molecule has 0 saturated heterocycles. The van der Waals surface area contributed by atoms with E-state index in [0.717, 1.165) is 53.9 Å². The van der Waals surface area contributed by atoms with Gasteiger partial charge in [-0.25, -0.2) is 28.7 Å². The Balaban J connectivity index is 0.000000154. The molecule has 4 aromatic carbocycles. The van der Waals surface area contributed by atoms with E-state index in [1.54, 1.807) is 55.0 Å². The van der Waals surface area contributed by atoms with Crippen LogP contribution < -0.4 is 21.3 Å². The van der Waals surface area contributed by atoms with Gasteiger partial charge in [0, 0.05) is 65.8 Å². The number of carbonyl (C=O) groups excluding carboxylic acids is 2. The van der Waals surface area contributed by atoms with E-state index in [1.165, 1.54) is 24.3 Å². The van der Waals surface area contributed by atoms with Gasteiger partial charge in [0.1, 0.15) is 11.6 Å². The molecule has 2 amide bonds. The molecule has 0 bridgehead atoms. The number of rotatable bonds is 13. The van der Waals surface area contributed by atoms with Crippen LogP contribution in [0.15, 0.2) is 122 Å². The molecule has 5 aromatic heterocycles. The van der Waals surface area contributed by atoms with Crippen molar-refractivity contribution in [2.24, 2.45) is 0 Å². The lowest BCUT2D eigenvalue weighted by atomic mass is 10.1. The van der Waals surface area contributed by atoms with E-state index in [0.29, 0.717) is 87.7 Å². The summed E-state index contributed by atoms with van der Waals surface area (Å²) < 4.78 is 32.0. The lowest BCUT2D eigenvalue weighted by Gasteiger charge is -2.12. The molecule has 16 heteroatoms. The van der Waals surface area contributed by atoms with Crippen LogP contribution in [0.3, 0.4) is 0 Å². The maximum absolute atomic E-state index is 14.2. The summed E-state index contributed by atoms with van der Waals surface area (Å²) in [4.78, 5) is 47.4. The molecule has 0 aliphatic heterocycles. The van der Waals surface area contributed by atoms with E-state index in [-0.39, 0.29) is 30.1 Å². The van der Waals surface area contributed by atoms with Crippen molar-refractivity contribution in [3.05, 3.63) is 150 Å². The van der Waals surface area contributed by atoms with Gasteiger partial charge in [-0.1, -0.05) is 30.3 Å². The molecule has 2 fully saturated rings. The smallest absolute Gasteiger partial charge is 0.251 e. The number of carbonyl (C=O) groups is 2. The number of halogens is 2. The first-order valence-corrected chi connectivity index (χ1v) is 21.5. The standard InChI is InChI=1S/C26H21FN6O.C23H22FN5O2/c27-18-8-11-21-22(13-18)33-23(16-4-6-17(7-5-16)26(34)31-19-9-10-19)15-30-25(33)24(32-21)29-14-20-3-1-2-12-28-20;24-16-6-9-18-19(12-16)29-20(13-26-22(29)21(28-18)25-10-1-11-30)14-2-4-15(5-3-14)23(31)27-17-7-8-17/h1-8,11-13,15,19H,9-10,14H2,(H,29,32)(H,31,34);2-6,9,12-13,17,30H,1,7-8,10-11H2,(H,25,28)(H,27,31). The summed E-state index contributed by atoms with van der Waals surface area (Å²) in [5.41, 5.74) is 8.99. The molecule has 2 saturated carbocycles. The van der Waals surface area contributed by atoms with E-state index >= 15 is 0 Å². The third-order valence-electron chi connectivity index (χ3n) is 11.3. The summed E-state index contributed by atoms with van der Waals surface area (Å²) in [7, 11) is 0. The SMILES string of the molecule is O=C(NC1CC1)c1ccc(-c2cnc3c(NCCCO)nc4ccc(F)cc4n23)cc1.O=C(NC1CC1)c1ccc(-c2cnc3c(NCc4ccccn4)nc4ccc(F)cc4n23)cc1. The number of aliphatic hydroxyl groups excluding tert-OH is 1. The number of benzene rings is 4. The first-order chi connectivity index (χ1) is 31.8. The van der Waals surface area contributed by atoms with E-state index in [2.05, 4.69) is 41.2 Å². The number of amides is 2. The van der Waals surface area contributed by atoms with Gasteiger partial charge in [0.15, 0.2) is 22.9 Å². The predicted molar refractivity (Wildman–Crippen MR) is 245 cm³/mol. The minimum absolute atomic E-state index is 0.0649. The number of aliphatic hydroxyl groups is 1. The highest BCUT2D eigenvalue weighted by molar-refractivity contribution is 5.96. The normalized spacial score (nSPS) is 13.5. The van der Waals surface area contributed by atoms with Crippen molar-refractivity contribution in [3.8, 4) is 22.5 Å². The monoisotopic (exact) mass is 871 g/mol. The molecule has 326 valence electrons. The summed E-state index contributed by atoms with van der Waals surface area (Å²) in [5.74, 6) is 0.305. The second-order valence-electron chi connectivity index (χ2n) is 16.1. The highest BCUT2D eigenvalue weighted by Gasteiger charge is 2.25. The molecule has 9 aromatic rings. The number of hydrogen-bond acceptors (Lipinski definition) is 10. The number of aromatic nitrogens is 7. The first-order valence-electron chi connectivity index (χ1n) is 21.5. The number of hydrogen-bond donors (Lipinski definition) is 5. The Labute approximate surface area is 370 Å². The van der Waals surface area contributed by atoms with Crippen LogP contribution in [0.1, 0.15) is 58.5 Å². The Morgan fingerprint density at radius 2 is 1.14 bits per heavy atom. The highest BCUT2D eigenvalue weighted by Crippen LogP contribution is 2.31. The third kappa shape index (κ3) is 8.88. The predicted octanol–water partition coefficient (Wildman–Crippen LogP) is 7.96. The van der Waals surface area contributed by atoms with Gasteiger partial charge >= 0.3 is 0 Å². The van der Waals surface area contributed by atoms with Crippen LogP contribution in [-0.2, 0) is 6.54 Å². The molecule has 2 aliphatic rings. The first kappa shape index (κ1) is 41.2. The Hall–Kier alpha value is -7.85. The molecule has 0 radical (unpaired) electrons. The molecule has 2 aliphatic carbocycles. The Bertz CT molecular complexity index is 3210. The quantitative estimate of drug-likeness (QED) is 0.0715. The second-order valence-corrected chi connectivity index (χ2v) is 16.1. The van der Waals surface area contributed by atoms with Gasteiger partial charge < -0.3 is 26.4 Å². The fourth-order valence-corrected chi connectivity index (χ4v) is 7.59. The van der Waals surface area contributed by atoms with Crippen LogP contribution in [-0.4, -0.2) is 75.9 Å². The Kier molecular flexibility index (Phi) is 11.2. The van der Waals surface area contributed by atoms with Crippen molar-refractivity contribution in [3.63, 3.8) is 0 Å². The Morgan fingerprint density at radius 1 is 0.631 bits per heavy atom. The average Bonchev–Trinajstić information content (AvgIpc) is 4.24. The van der Waals surface area contributed by atoms with E-state index in [9.17, 15) is 18.4 Å². The van der Waals surface area contributed by atoms with Crippen molar-refractivity contribution >= 4 is 56.8 Å². The van der Waals surface area contributed by atoms with Crippen LogP contribution in [0.4, 0.5) is 20.4 Å². The maximum Gasteiger partial charge on any atom is 0.251 e. The summed E-state index contributed by atoms with van der Waals surface area (Å²) in [6.45, 7) is 1.09. The summed E-state index contributed by atoms with van der Waals surface area (Å²) >= 11 is 0. The van der Waals surface area contributed by atoms with Crippen molar-refractivity contribution < 1.29 is 23.5 Å². The lowest BCUT2D eigenvalue weighted by molar-refractivity contribution is 0.0942. The van der Waals surface area contributed by atoms with Crippen molar-refractivity contribution in [1.82, 2.24) is 44.4 Å². The third-order valence-corrected chi connectivity index (χ3v) is 11.3. The average molecular weight is 872 g/mol. The lowest BCUT2D eigenvalue weighted by Crippen LogP contribution is -2.25. The maximum atomic E-state index is 14.2. The number of imidazole rings is 2. The van der Waals surface area contributed by atoms with E-state index in [4.69, 9.17) is 10.1 Å². The fourth-order valence-electron chi connectivity index (χ4n) is 7.59. The Morgan fingerprint density at radius 3 is 1.60 bits per heavy atom. The van der Waals surface area contributed by atoms with Crippen LogP contribution in [0, 0.1) is 11.6 Å². The molecule has 11 rings (SSSR count). The number of fused-ring (bicyclic) bond motifs is 6. The zero-order valence-corrected chi connectivity index (χ0v) is 35.0. The van der Waals surface area contributed by atoms with Gasteiger partial charge in [0.2, 0.25) is 0 Å². The second kappa shape index (κ2) is 17.7. The molecule has 0 unspecified atom stereocenters. The van der Waals surface area contributed by atoms with Gasteiger partial charge in [-0.05, 0) is 92.8 Å². The topological polar surface area (TPSA) is 176 Å². The largest absolute Gasteiger partial charge is 0.396 e. The van der Waals surface area contributed by atoms with Crippen molar-refractivity contribution in [2.45, 2.75) is 50.7 Å². The van der Waals surface area contributed by atoms with Gasteiger partial charge in [0.25, 0.3) is 11.8 Å². The number of pyridine rings is 1. The zero-order valence-electron chi connectivity index (χ0n) is 35.0. The minimum Gasteiger partial charge on any atom is -0.396 e. The van der Waals surface area contributed by atoms with Gasteiger partial charge in [-0.3, -0.25) is 23.4 Å². The molecule has 5 N–H and O–H groups in total. The molecule has 65 heavy (non-hydrogen) atoms. The molecular formula is C49H43F2N11O3. The van der Waals surface area contributed by atoms with Crippen LogP contribution in [0.2, 0.25) is 0 Å². The molecule has 14 nitrogen and oxygen atoms in total. The van der Waals surface area contributed by atoms with Crippen LogP contribution >= 0.6 is 0 Å². The number of nitrogens with zero attached hydrogens (tertiary/aromatic N) is 7. The fraction of sp³-hybridized carbons (Fsp3) is 0.204. The summed E-state index contributed by atoms with van der Waals surface area (Å²) in [5, 5.41) is 21.6. The van der Waals surface area contributed by atoms with Crippen LogP contribution in [0.25, 0.3) is 55.9 Å².